The van der Waals surface area contributed by atoms with Gasteiger partial charge >= 0.3 is 0 Å². The van der Waals surface area contributed by atoms with Crippen LogP contribution >= 0.6 is 12.6 Å². The first-order valence-electron chi connectivity index (χ1n) is 0.447. The first kappa shape index (κ1) is 33.7. The van der Waals surface area contributed by atoms with Crippen LogP contribution in [0.15, 0.2) is 0 Å². The van der Waals surface area contributed by atoms with Gasteiger partial charge < -0.3 is 12.3 Å². The predicted octanol–water partition coefficient (Wildman–Crippen LogP) is 0.719. The van der Waals surface area contributed by atoms with Crippen LogP contribution < -0.4 is 12.3 Å². The van der Waals surface area contributed by atoms with E-state index in [1.54, 1.807) is 0 Å². The van der Waals surface area contributed by atoms with Crippen LogP contribution in [0, 0.1) is 10.7 Å². The molecule has 0 aromatic heterocycles. The molecule has 0 radical (unpaired) electrons. The van der Waals surface area contributed by atoms with Gasteiger partial charge in [-0.25, -0.2) is 0 Å². The van der Waals surface area contributed by atoms with Crippen LogP contribution in [0.25, 0.3) is 0 Å². The summed E-state index contributed by atoms with van der Waals surface area (Å²) in [6.07, 6.45) is 0. The van der Waals surface area contributed by atoms with Gasteiger partial charge in [-0.15, -0.1) is 0 Å². The van der Waals surface area contributed by atoms with Crippen molar-refractivity contribution in [1.82, 2.24) is 12.3 Å². The van der Waals surface area contributed by atoms with Gasteiger partial charge in [-0.1, -0.05) is 12.6 Å². The zero-order valence-electron chi connectivity index (χ0n) is 3.16. The van der Waals surface area contributed by atoms with Crippen molar-refractivity contribution < 1.29 is 17.1 Å². The Morgan fingerprint density at radius 1 is 1.33 bits per heavy atom. The van der Waals surface area contributed by atoms with Gasteiger partial charge in [-0.05, 0) is 0 Å². The number of thiol groups is 1. The van der Waals surface area contributed by atoms with Crippen molar-refractivity contribution >= 4 is 12.6 Å². The summed E-state index contributed by atoms with van der Waals surface area (Å²) in [5.74, 6) is 0. The van der Waals surface area contributed by atoms with E-state index in [4.69, 9.17) is 5.26 Å². The minimum Gasteiger partial charge on any atom is -0.344 e. The fourth-order valence-corrected chi connectivity index (χ4v) is 0. The summed E-state index contributed by atoms with van der Waals surface area (Å²) in [5, 5.41) is 8.63. The standard InChI is InChI=1S/CHNS.Fe.2H3N/c2-1-3;;;/h3H;;2*1H3. The van der Waals surface area contributed by atoms with Crippen molar-refractivity contribution in [3.63, 3.8) is 0 Å². The fourth-order valence-electron chi connectivity index (χ4n) is 0. The van der Waals surface area contributed by atoms with Crippen molar-refractivity contribution in [2.75, 3.05) is 0 Å². The second-order valence-electron chi connectivity index (χ2n) is 0.100. The molecule has 0 aliphatic heterocycles. The molecule has 0 atom stereocenters. The molecule has 0 rings (SSSR count). The number of hydrogen-bond donors (Lipinski definition) is 3. The predicted molar refractivity (Wildman–Crippen MR) is 24.6 cm³/mol. The molecule has 3 nitrogen and oxygen atoms in total. The van der Waals surface area contributed by atoms with Gasteiger partial charge in [0.15, 0.2) is 0 Å². The van der Waals surface area contributed by atoms with Crippen LogP contribution in [0.2, 0.25) is 0 Å². The Morgan fingerprint density at radius 3 is 1.33 bits per heavy atom. The molecule has 40 valence electrons. The Balaban J connectivity index is -0.00000000667. The summed E-state index contributed by atoms with van der Waals surface area (Å²) in [6.45, 7) is 0. The first-order valence-corrected chi connectivity index (χ1v) is 0.894. The van der Waals surface area contributed by atoms with E-state index in [2.05, 4.69) is 12.6 Å². The van der Waals surface area contributed by atoms with E-state index in [0.717, 1.165) is 0 Å². The van der Waals surface area contributed by atoms with Gasteiger partial charge in [-0.2, -0.15) is 5.26 Å². The molecule has 0 aliphatic rings. The topological polar surface area (TPSA) is 93.8 Å². The molecule has 0 aromatic rings. The Bertz CT molecular complexity index is 32.3. The van der Waals surface area contributed by atoms with Crippen molar-refractivity contribution in [2.24, 2.45) is 0 Å². The average molecular weight is 149 g/mol. The monoisotopic (exact) mass is 149 g/mol. The minimum atomic E-state index is 0. The third-order valence-electron chi connectivity index (χ3n) is 0. The molecule has 5 heteroatoms. The molecule has 0 unspecified atom stereocenters. The normalized spacial score (nSPS) is 1.33. The molecule has 0 fully saturated rings. The van der Waals surface area contributed by atoms with E-state index < -0.39 is 0 Å². The minimum absolute atomic E-state index is 0. The van der Waals surface area contributed by atoms with E-state index in [1.165, 1.54) is 5.40 Å². The van der Waals surface area contributed by atoms with E-state index in [9.17, 15) is 0 Å². The third kappa shape index (κ3) is 589. The van der Waals surface area contributed by atoms with Crippen LogP contribution in [0.4, 0.5) is 0 Å². The molecule has 0 amide bonds. The summed E-state index contributed by atoms with van der Waals surface area (Å²) in [4.78, 5) is 0. The van der Waals surface area contributed by atoms with Crippen molar-refractivity contribution in [1.29, 1.82) is 5.26 Å². The number of hydrogen-bond acceptors (Lipinski definition) is 4. The zero-order chi connectivity index (χ0) is 2.71. The Labute approximate surface area is 53.2 Å². The third-order valence-corrected chi connectivity index (χ3v) is 0. The molecular formula is CH7FeN3S. The molecule has 0 aromatic carbocycles. The van der Waals surface area contributed by atoms with Crippen molar-refractivity contribution in [3.05, 3.63) is 0 Å². The zero-order valence-corrected chi connectivity index (χ0v) is 5.16. The molecule has 0 spiro atoms. The van der Waals surface area contributed by atoms with Gasteiger partial charge in [0.2, 0.25) is 0 Å². The van der Waals surface area contributed by atoms with Gasteiger partial charge in [0.05, 0.1) is 0 Å². The number of thiocyanates is 1. The van der Waals surface area contributed by atoms with Gasteiger partial charge in [0.25, 0.3) is 0 Å². The Morgan fingerprint density at radius 2 is 1.33 bits per heavy atom. The molecule has 0 saturated heterocycles. The maximum absolute atomic E-state index is 7.18. The fraction of sp³-hybridized carbons (Fsp3) is 0. The molecule has 6 heavy (non-hydrogen) atoms. The summed E-state index contributed by atoms with van der Waals surface area (Å²) in [7, 11) is 0. The van der Waals surface area contributed by atoms with E-state index >= 15 is 0 Å². The quantitative estimate of drug-likeness (QED) is 0.269. The first-order chi connectivity index (χ1) is 1.41. The molecule has 0 saturated carbocycles. The second-order valence-corrected chi connectivity index (χ2v) is 0.300. The number of nitriles is 1. The maximum Gasteiger partial charge on any atom is 0.130 e. The van der Waals surface area contributed by atoms with E-state index in [0.29, 0.717) is 0 Å². The van der Waals surface area contributed by atoms with Gasteiger partial charge in [0.1, 0.15) is 5.40 Å². The summed E-state index contributed by atoms with van der Waals surface area (Å²) in [5.41, 5.74) is 0. The van der Waals surface area contributed by atoms with Crippen LogP contribution in [-0.4, -0.2) is 0 Å². The van der Waals surface area contributed by atoms with E-state index in [-0.39, 0.29) is 29.4 Å². The van der Waals surface area contributed by atoms with Crippen LogP contribution in [-0.2, 0) is 17.1 Å². The van der Waals surface area contributed by atoms with Gasteiger partial charge in [-0.3, -0.25) is 0 Å². The molecular weight excluding hydrogens is 142 g/mol. The Kier molecular flexibility index (Phi) is 332. The van der Waals surface area contributed by atoms with Crippen LogP contribution in [0.5, 0.6) is 0 Å². The summed E-state index contributed by atoms with van der Waals surface area (Å²) < 4.78 is 0. The van der Waals surface area contributed by atoms with Gasteiger partial charge in [0, 0.05) is 17.1 Å². The molecule has 6 N–H and O–H groups in total. The summed E-state index contributed by atoms with van der Waals surface area (Å²) >= 11 is 3.09. The summed E-state index contributed by atoms with van der Waals surface area (Å²) in [6, 6.07) is 0. The number of rotatable bonds is 0. The molecule has 0 aliphatic carbocycles. The smallest absolute Gasteiger partial charge is 0.130 e. The van der Waals surface area contributed by atoms with Crippen LogP contribution in [0.1, 0.15) is 0 Å². The van der Waals surface area contributed by atoms with Crippen molar-refractivity contribution in [3.8, 4) is 5.40 Å². The molecule has 0 heterocycles. The maximum atomic E-state index is 7.18. The number of nitrogens with zero attached hydrogens (tertiary/aromatic N) is 1. The molecule has 0 bridgehead atoms. The average Bonchev–Trinajstić information content (AvgIpc) is 0.918. The Hall–Kier alpha value is 0.279. The van der Waals surface area contributed by atoms with Crippen molar-refractivity contribution in [2.45, 2.75) is 0 Å². The van der Waals surface area contributed by atoms with Crippen LogP contribution in [0.3, 0.4) is 0 Å². The largest absolute Gasteiger partial charge is 0.344 e. The van der Waals surface area contributed by atoms with E-state index in [1.807, 2.05) is 0 Å². The SMILES string of the molecule is N.N.N#CS.[Fe]. The second kappa shape index (κ2) is 59.1.